The van der Waals surface area contributed by atoms with E-state index in [2.05, 4.69) is 35.8 Å². The van der Waals surface area contributed by atoms with E-state index in [4.69, 9.17) is 5.73 Å². The molecule has 2 heterocycles. The number of anilines is 1. The third-order valence-electron chi connectivity index (χ3n) is 4.56. The van der Waals surface area contributed by atoms with Gasteiger partial charge in [0.25, 0.3) is 11.6 Å². The van der Waals surface area contributed by atoms with E-state index in [-0.39, 0.29) is 28.7 Å². The Morgan fingerprint density at radius 3 is 2.56 bits per heavy atom. The van der Waals surface area contributed by atoms with Crippen molar-refractivity contribution in [2.45, 2.75) is 6.92 Å². The Bertz CT molecular complexity index is 1390. The van der Waals surface area contributed by atoms with E-state index in [9.17, 15) is 14.9 Å². The smallest absolute Gasteiger partial charge is 0.294 e. The molecule has 2 aromatic carbocycles. The number of nitrogens with two attached hydrogens (primary N) is 1. The predicted molar refractivity (Wildman–Crippen MR) is 122 cm³/mol. The molecule has 0 aliphatic carbocycles. The summed E-state index contributed by atoms with van der Waals surface area (Å²) in [4.78, 5) is 23.3. The molecule has 2 aromatic heterocycles. The number of carbonyl (C=O) groups is 1. The summed E-state index contributed by atoms with van der Waals surface area (Å²) in [5, 5.41) is 30.0. The Hall–Kier alpha value is -5.20. The number of nitrogens with zero attached hydrogens (tertiary/aromatic N) is 7. The summed E-state index contributed by atoms with van der Waals surface area (Å²) < 4.78 is 5.78. The number of allylic oxidation sites excluding steroid dienone is 1. The third-order valence-corrected chi connectivity index (χ3v) is 4.56. The van der Waals surface area contributed by atoms with E-state index < -0.39 is 10.8 Å². The topological polar surface area (TPSA) is 180 Å². The fourth-order valence-corrected chi connectivity index (χ4v) is 3.02. The van der Waals surface area contributed by atoms with E-state index in [1.807, 2.05) is 43.3 Å². The van der Waals surface area contributed by atoms with Crippen LogP contribution in [0.2, 0.25) is 0 Å². The van der Waals surface area contributed by atoms with Crippen LogP contribution in [0.3, 0.4) is 0 Å². The van der Waals surface area contributed by atoms with Crippen LogP contribution < -0.4 is 11.2 Å². The van der Waals surface area contributed by atoms with Gasteiger partial charge in [0.2, 0.25) is 11.6 Å². The molecule has 4 aromatic rings. The van der Waals surface area contributed by atoms with Gasteiger partial charge in [-0.1, -0.05) is 41.6 Å². The highest BCUT2D eigenvalue weighted by molar-refractivity contribution is 5.99. The SMILES string of the molecule is CC(C=NNC(=O)c1nnn(-c2nonc2N)c1-c1ccc([N+](=O)[O-])cc1)=Cc1ccccc1. The van der Waals surface area contributed by atoms with Gasteiger partial charge < -0.3 is 5.73 Å². The van der Waals surface area contributed by atoms with E-state index in [0.717, 1.165) is 15.8 Å². The first-order valence-corrected chi connectivity index (χ1v) is 9.79. The number of hydrazone groups is 1. The highest BCUT2D eigenvalue weighted by atomic mass is 16.6. The normalized spacial score (nSPS) is 11.6. The van der Waals surface area contributed by atoms with Crippen LogP contribution in [0.4, 0.5) is 11.5 Å². The maximum absolute atomic E-state index is 12.9. The van der Waals surface area contributed by atoms with Crippen LogP contribution in [-0.4, -0.2) is 42.4 Å². The lowest BCUT2D eigenvalue weighted by molar-refractivity contribution is -0.384. The molecule has 0 unspecified atom stereocenters. The molecule has 0 spiro atoms. The van der Waals surface area contributed by atoms with Crippen LogP contribution in [-0.2, 0) is 0 Å². The quantitative estimate of drug-likeness (QED) is 0.238. The van der Waals surface area contributed by atoms with Crippen LogP contribution in [0.15, 0.2) is 69.9 Å². The number of nitrogen functional groups attached to an aromatic ring is 1. The van der Waals surface area contributed by atoms with Crippen LogP contribution in [0.5, 0.6) is 0 Å². The zero-order valence-electron chi connectivity index (χ0n) is 17.7. The molecule has 4 rings (SSSR count). The molecule has 0 saturated heterocycles. The highest BCUT2D eigenvalue weighted by Crippen LogP contribution is 2.28. The van der Waals surface area contributed by atoms with Crippen molar-refractivity contribution in [2.24, 2.45) is 5.10 Å². The van der Waals surface area contributed by atoms with Gasteiger partial charge in [0.05, 0.1) is 11.1 Å². The molecule has 0 radical (unpaired) electrons. The summed E-state index contributed by atoms with van der Waals surface area (Å²) in [6, 6.07) is 15.1. The standard InChI is InChI=1S/C21H17N9O4/c1-13(11-14-5-3-2-4-6-14)12-23-25-21(31)17-18(15-7-9-16(10-8-15)30(32)33)29(28-24-17)20-19(22)26-34-27-20/h2-12H,1H3,(H2,22,26)(H,25,31). The Balaban J connectivity index is 1.64. The van der Waals surface area contributed by atoms with Crippen LogP contribution in [0.1, 0.15) is 23.0 Å². The summed E-state index contributed by atoms with van der Waals surface area (Å²) >= 11 is 0. The summed E-state index contributed by atoms with van der Waals surface area (Å²) in [6.45, 7) is 1.83. The monoisotopic (exact) mass is 459 g/mol. The summed E-state index contributed by atoms with van der Waals surface area (Å²) in [5.74, 6) is -0.747. The molecule has 0 atom stereocenters. The van der Waals surface area contributed by atoms with Gasteiger partial charge in [-0.15, -0.1) is 5.10 Å². The highest BCUT2D eigenvalue weighted by Gasteiger charge is 2.25. The minimum Gasteiger partial charge on any atom is -0.378 e. The van der Waals surface area contributed by atoms with Gasteiger partial charge in [-0.05, 0) is 40.5 Å². The zero-order chi connectivity index (χ0) is 24.1. The molecule has 0 bridgehead atoms. The minimum absolute atomic E-state index is 0.00467. The zero-order valence-corrected chi connectivity index (χ0v) is 17.7. The first kappa shape index (κ1) is 22.0. The first-order valence-electron chi connectivity index (χ1n) is 9.79. The number of rotatable bonds is 7. The number of nitrogens with one attached hydrogen (secondary N) is 1. The van der Waals surface area contributed by atoms with Crippen molar-refractivity contribution in [3.63, 3.8) is 0 Å². The minimum atomic E-state index is -0.668. The molecule has 0 fully saturated rings. The lowest BCUT2D eigenvalue weighted by atomic mass is 10.1. The fourth-order valence-electron chi connectivity index (χ4n) is 3.02. The van der Waals surface area contributed by atoms with Crippen molar-refractivity contribution < 1.29 is 14.3 Å². The lowest BCUT2D eigenvalue weighted by Crippen LogP contribution is -2.19. The van der Waals surface area contributed by atoms with E-state index >= 15 is 0 Å². The lowest BCUT2D eigenvalue weighted by Gasteiger charge is -2.05. The Morgan fingerprint density at radius 2 is 1.91 bits per heavy atom. The van der Waals surface area contributed by atoms with Gasteiger partial charge in [-0.2, -0.15) is 9.78 Å². The summed E-state index contributed by atoms with van der Waals surface area (Å²) in [6.07, 6.45) is 3.38. The van der Waals surface area contributed by atoms with E-state index in [1.54, 1.807) is 0 Å². The second kappa shape index (κ2) is 9.52. The largest absolute Gasteiger partial charge is 0.378 e. The van der Waals surface area contributed by atoms with Crippen LogP contribution >= 0.6 is 0 Å². The molecule has 34 heavy (non-hydrogen) atoms. The summed E-state index contributed by atoms with van der Waals surface area (Å²) in [5.41, 5.74) is 10.3. The molecular weight excluding hydrogens is 442 g/mol. The van der Waals surface area contributed by atoms with Gasteiger partial charge >= 0.3 is 0 Å². The van der Waals surface area contributed by atoms with Gasteiger partial charge in [-0.3, -0.25) is 14.9 Å². The second-order valence-corrected chi connectivity index (χ2v) is 6.97. The number of carbonyl (C=O) groups excluding carboxylic acids is 1. The Kier molecular flexibility index (Phi) is 6.16. The van der Waals surface area contributed by atoms with E-state index in [1.165, 1.54) is 30.5 Å². The van der Waals surface area contributed by atoms with Crippen molar-refractivity contribution in [1.82, 2.24) is 30.7 Å². The number of hydrogen-bond acceptors (Lipinski definition) is 10. The molecule has 0 aliphatic heterocycles. The van der Waals surface area contributed by atoms with Gasteiger partial charge in [0.1, 0.15) is 5.69 Å². The van der Waals surface area contributed by atoms with Crippen LogP contribution in [0.25, 0.3) is 23.2 Å². The molecule has 1 amide bonds. The number of non-ortho nitro benzene ring substituents is 1. The molecule has 170 valence electrons. The maximum Gasteiger partial charge on any atom is 0.294 e. The summed E-state index contributed by atoms with van der Waals surface area (Å²) in [7, 11) is 0. The van der Waals surface area contributed by atoms with Gasteiger partial charge in [0.15, 0.2) is 5.69 Å². The molecule has 13 heteroatoms. The van der Waals surface area contributed by atoms with Crippen molar-refractivity contribution in [3.05, 3.63) is 81.5 Å². The first-order chi connectivity index (χ1) is 16.4. The van der Waals surface area contributed by atoms with Crippen molar-refractivity contribution >= 4 is 29.7 Å². The molecule has 3 N–H and O–H groups in total. The number of amides is 1. The number of aromatic nitrogens is 5. The number of nitro benzene ring substituents is 1. The van der Waals surface area contributed by atoms with Crippen molar-refractivity contribution in [3.8, 4) is 17.1 Å². The fraction of sp³-hybridized carbons (Fsp3) is 0.0476. The molecular formula is C21H17N9O4. The maximum atomic E-state index is 12.9. The number of benzene rings is 2. The number of nitro groups is 1. The number of hydrogen-bond donors (Lipinski definition) is 2. The molecule has 0 saturated carbocycles. The van der Waals surface area contributed by atoms with Crippen molar-refractivity contribution in [1.29, 1.82) is 0 Å². The van der Waals surface area contributed by atoms with Gasteiger partial charge in [0, 0.05) is 17.7 Å². The molecule has 0 aliphatic rings. The van der Waals surface area contributed by atoms with Gasteiger partial charge in [-0.25, -0.2) is 10.1 Å². The molecule has 13 nitrogen and oxygen atoms in total. The average Bonchev–Trinajstić information content (AvgIpc) is 3.45. The van der Waals surface area contributed by atoms with E-state index in [0.29, 0.717) is 5.56 Å². The predicted octanol–water partition coefficient (Wildman–Crippen LogP) is 2.63. The Morgan fingerprint density at radius 1 is 1.18 bits per heavy atom. The Labute approximate surface area is 191 Å². The average molecular weight is 459 g/mol. The third kappa shape index (κ3) is 4.67. The second-order valence-electron chi connectivity index (χ2n) is 6.97. The van der Waals surface area contributed by atoms with Crippen molar-refractivity contribution in [2.75, 3.05) is 5.73 Å². The van der Waals surface area contributed by atoms with Crippen LogP contribution in [0, 0.1) is 10.1 Å².